The number of hydrogen-bond acceptors (Lipinski definition) is 3. The van der Waals surface area contributed by atoms with Crippen molar-refractivity contribution in [2.24, 2.45) is 10.9 Å². The Labute approximate surface area is 124 Å². The number of rotatable bonds is 3. The summed E-state index contributed by atoms with van der Waals surface area (Å²) in [5, 5.41) is 13.9. The lowest BCUT2D eigenvalue weighted by atomic mass is 10.1. The van der Waals surface area contributed by atoms with Crippen molar-refractivity contribution in [1.29, 1.82) is 0 Å². The molecule has 7 heteroatoms. The monoisotopic (exact) mass is 307 g/mol. The van der Waals surface area contributed by atoms with E-state index in [0.29, 0.717) is 11.3 Å². The molecule has 0 heterocycles. The first-order valence-electron chi connectivity index (χ1n) is 5.85. The molecule has 4 N–H and O–H groups in total. The lowest BCUT2D eigenvalue weighted by Gasteiger charge is -2.07. The molecule has 1 amide bonds. The zero-order chi connectivity index (χ0) is 15.4. The van der Waals surface area contributed by atoms with Gasteiger partial charge < -0.3 is 16.3 Å². The summed E-state index contributed by atoms with van der Waals surface area (Å²) in [5.74, 6) is -1.04. The van der Waals surface area contributed by atoms with Crippen LogP contribution in [0.1, 0.15) is 15.9 Å². The van der Waals surface area contributed by atoms with E-state index in [-0.39, 0.29) is 16.4 Å². The van der Waals surface area contributed by atoms with E-state index in [0.717, 1.165) is 6.07 Å². The van der Waals surface area contributed by atoms with Crippen LogP contribution in [0, 0.1) is 5.82 Å². The predicted molar refractivity (Wildman–Crippen MR) is 78.3 cm³/mol. The highest BCUT2D eigenvalue weighted by Gasteiger charge is 2.09. The number of amidine groups is 1. The molecule has 21 heavy (non-hydrogen) atoms. The van der Waals surface area contributed by atoms with Crippen LogP contribution >= 0.6 is 11.6 Å². The molecule has 0 aliphatic heterocycles. The molecular formula is C14H11ClFN3O2. The third kappa shape index (κ3) is 3.49. The molecule has 0 aliphatic rings. The minimum absolute atomic E-state index is 0.0295. The van der Waals surface area contributed by atoms with Gasteiger partial charge in [-0.2, -0.15) is 0 Å². The fraction of sp³-hybridized carbons (Fsp3) is 0. The highest BCUT2D eigenvalue weighted by atomic mass is 35.5. The minimum Gasteiger partial charge on any atom is -0.409 e. The molecule has 2 aromatic rings. The summed E-state index contributed by atoms with van der Waals surface area (Å²) in [4.78, 5) is 12.0. The third-order valence-corrected chi connectivity index (χ3v) is 3.02. The van der Waals surface area contributed by atoms with Gasteiger partial charge in [0.05, 0.1) is 5.02 Å². The highest BCUT2D eigenvalue weighted by Crippen LogP contribution is 2.17. The number of nitrogens with zero attached hydrogens (tertiary/aromatic N) is 1. The fourth-order valence-corrected chi connectivity index (χ4v) is 1.80. The summed E-state index contributed by atoms with van der Waals surface area (Å²) in [6, 6.07) is 10.1. The van der Waals surface area contributed by atoms with Crippen molar-refractivity contribution in [3.05, 3.63) is 64.4 Å². The lowest BCUT2D eigenvalue weighted by Crippen LogP contribution is -2.14. The van der Waals surface area contributed by atoms with Crippen molar-refractivity contribution in [3.63, 3.8) is 0 Å². The Morgan fingerprint density at radius 3 is 2.38 bits per heavy atom. The maximum absolute atomic E-state index is 13.0. The average molecular weight is 308 g/mol. The summed E-state index contributed by atoms with van der Waals surface area (Å²) in [6.07, 6.45) is 0. The van der Waals surface area contributed by atoms with Gasteiger partial charge in [-0.1, -0.05) is 16.8 Å². The number of anilines is 1. The standard InChI is InChI=1S/C14H11ClFN3O2/c15-11-7-9(3-6-12(11)16)14(20)18-10-4-1-8(2-5-10)13(17)19-21/h1-7,21H,(H2,17,19)(H,18,20). The van der Waals surface area contributed by atoms with Gasteiger partial charge in [0.25, 0.3) is 5.91 Å². The number of oxime groups is 1. The van der Waals surface area contributed by atoms with Crippen LogP contribution in [0.4, 0.5) is 10.1 Å². The van der Waals surface area contributed by atoms with Crippen LogP contribution in [0.2, 0.25) is 5.02 Å². The van der Waals surface area contributed by atoms with E-state index in [9.17, 15) is 9.18 Å². The number of benzene rings is 2. The zero-order valence-corrected chi connectivity index (χ0v) is 11.4. The fourth-order valence-electron chi connectivity index (χ4n) is 1.62. The van der Waals surface area contributed by atoms with Gasteiger partial charge in [0, 0.05) is 16.8 Å². The van der Waals surface area contributed by atoms with Crippen molar-refractivity contribution in [1.82, 2.24) is 0 Å². The van der Waals surface area contributed by atoms with Crippen molar-refractivity contribution in [3.8, 4) is 0 Å². The second kappa shape index (κ2) is 6.23. The molecule has 0 spiro atoms. The van der Waals surface area contributed by atoms with Gasteiger partial charge in [-0.15, -0.1) is 0 Å². The predicted octanol–water partition coefficient (Wildman–Crippen LogP) is 2.83. The Balaban J connectivity index is 2.14. The molecule has 0 atom stereocenters. The van der Waals surface area contributed by atoms with Gasteiger partial charge in [-0.05, 0) is 42.5 Å². The van der Waals surface area contributed by atoms with Crippen LogP contribution in [0.15, 0.2) is 47.6 Å². The molecule has 0 aromatic heterocycles. The minimum atomic E-state index is -0.587. The van der Waals surface area contributed by atoms with Gasteiger partial charge in [0.15, 0.2) is 5.84 Å². The molecule has 0 saturated heterocycles. The van der Waals surface area contributed by atoms with E-state index in [1.807, 2.05) is 0 Å². The van der Waals surface area contributed by atoms with E-state index in [1.165, 1.54) is 12.1 Å². The molecule has 108 valence electrons. The normalized spacial score (nSPS) is 11.2. The zero-order valence-electron chi connectivity index (χ0n) is 10.7. The topological polar surface area (TPSA) is 87.7 Å². The van der Waals surface area contributed by atoms with Crippen molar-refractivity contribution in [2.45, 2.75) is 0 Å². The molecule has 5 nitrogen and oxygen atoms in total. The quantitative estimate of drug-likeness (QED) is 0.352. The molecule has 0 fully saturated rings. The second-order valence-corrected chi connectivity index (χ2v) is 4.55. The maximum Gasteiger partial charge on any atom is 0.255 e. The van der Waals surface area contributed by atoms with E-state index in [1.54, 1.807) is 24.3 Å². The van der Waals surface area contributed by atoms with Gasteiger partial charge in [-0.25, -0.2) is 4.39 Å². The van der Waals surface area contributed by atoms with Crippen LogP contribution < -0.4 is 11.1 Å². The Kier molecular flexibility index (Phi) is 4.39. The Morgan fingerprint density at radius 2 is 1.81 bits per heavy atom. The summed E-state index contributed by atoms with van der Waals surface area (Å²) in [6.45, 7) is 0. The summed E-state index contributed by atoms with van der Waals surface area (Å²) in [5.41, 5.74) is 6.69. The van der Waals surface area contributed by atoms with E-state index >= 15 is 0 Å². The SMILES string of the molecule is N/C(=N/O)c1ccc(NC(=O)c2ccc(F)c(Cl)c2)cc1. The van der Waals surface area contributed by atoms with Gasteiger partial charge in [0.1, 0.15) is 5.82 Å². The van der Waals surface area contributed by atoms with E-state index in [4.69, 9.17) is 22.5 Å². The number of hydrogen-bond donors (Lipinski definition) is 3. The van der Waals surface area contributed by atoms with Crippen LogP contribution in [-0.4, -0.2) is 17.0 Å². The number of carbonyl (C=O) groups is 1. The largest absolute Gasteiger partial charge is 0.409 e. The summed E-state index contributed by atoms with van der Waals surface area (Å²) >= 11 is 5.63. The first kappa shape index (κ1) is 14.8. The maximum atomic E-state index is 13.0. The van der Waals surface area contributed by atoms with Crippen LogP contribution in [0.25, 0.3) is 0 Å². The molecule has 0 unspecified atom stereocenters. The summed E-state index contributed by atoms with van der Waals surface area (Å²) in [7, 11) is 0. The van der Waals surface area contributed by atoms with Crippen molar-refractivity contribution < 1.29 is 14.4 Å². The molecule has 0 radical (unpaired) electrons. The number of amides is 1. The number of nitrogens with two attached hydrogens (primary N) is 1. The average Bonchev–Trinajstić information content (AvgIpc) is 2.50. The number of nitrogens with one attached hydrogen (secondary N) is 1. The molecule has 0 aliphatic carbocycles. The van der Waals surface area contributed by atoms with Gasteiger partial charge in [-0.3, -0.25) is 4.79 Å². The third-order valence-electron chi connectivity index (χ3n) is 2.73. The van der Waals surface area contributed by atoms with E-state index < -0.39 is 11.7 Å². The van der Waals surface area contributed by atoms with Crippen molar-refractivity contribution in [2.75, 3.05) is 5.32 Å². The molecule has 0 saturated carbocycles. The molecule has 0 bridgehead atoms. The van der Waals surface area contributed by atoms with Gasteiger partial charge in [0.2, 0.25) is 0 Å². The number of carbonyl (C=O) groups excluding carboxylic acids is 1. The molecule has 2 rings (SSSR count). The van der Waals surface area contributed by atoms with Crippen LogP contribution in [-0.2, 0) is 0 Å². The van der Waals surface area contributed by atoms with E-state index in [2.05, 4.69) is 10.5 Å². The Bertz CT molecular complexity index is 702. The first-order valence-corrected chi connectivity index (χ1v) is 6.23. The first-order chi connectivity index (χ1) is 10.0. The second-order valence-electron chi connectivity index (χ2n) is 4.15. The van der Waals surface area contributed by atoms with Crippen LogP contribution in [0.3, 0.4) is 0 Å². The van der Waals surface area contributed by atoms with Gasteiger partial charge >= 0.3 is 0 Å². The van der Waals surface area contributed by atoms with Crippen molar-refractivity contribution >= 4 is 29.0 Å². The Hall–Kier alpha value is -2.60. The number of halogens is 2. The summed E-state index contributed by atoms with van der Waals surface area (Å²) < 4.78 is 13.0. The highest BCUT2D eigenvalue weighted by molar-refractivity contribution is 6.31. The van der Waals surface area contributed by atoms with Crippen LogP contribution in [0.5, 0.6) is 0 Å². The smallest absolute Gasteiger partial charge is 0.255 e. The molecular weight excluding hydrogens is 297 g/mol. The molecule has 2 aromatic carbocycles. The lowest BCUT2D eigenvalue weighted by molar-refractivity contribution is 0.102. The Morgan fingerprint density at radius 1 is 1.19 bits per heavy atom.